The van der Waals surface area contributed by atoms with Crippen LogP contribution in [0.1, 0.15) is 24.3 Å². The van der Waals surface area contributed by atoms with E-state index >= 15 is 0 Å². The lowest BCUT2D eigenvalue weighted by Gasteiger charge is -2.29. The van der Waals surface area contributed by atoms with Gasteiger partial charge < -0.3 is 10.2 Å². The van der Waals surface area contributed by atoms with Crippen LogP contribution in [-0.2, 0) is 0 Å². The van der Waals surface area contributed by atoms with Crippen LogP contribution in [0.15, 0.2) is 24.3 Å². The molecule has 0 saturated carbocycles. The average Bonchev–Trinajstić information content (AvgIpc) is 2.49. The quantitative estimate of drug-likeness (QED) is 0.882. The van der Waals surface area contributed by atoms with Crippen molar-refractivity contribution < 1.29 is 0 Å². The zero-order valence-corrected chi connectivity index (χ0v) is 11.7. The first-order valence-corrected chi connectivity index (χ1v) is 8.22. The lowest BCUT2D eigenvalue weighted by molar-refractivity contribution is 0.460. The Bertz CT molecular complexity index is 328. The molecule has 0 bridgehead atoms. The van der Waals surface area contributed by atoms with Gasteiger partial charge in [-0.15, -0.1) is 0 Å². The van der Waals surface area contributed by atoms with Gasteiger partial charge in [-0.2, -0.15) is 11.8 Å². The molecule has 2 aliphatic rings. The molecule has 0 aliphatic carbocycles. The van der Waals surface area contributed by atoms with E-state index in [1.165, 1.54) is 61.8 Å². The second-order valence-corrected chi connectivity index (χ2v) is 6.44. The molecule has 1 aromatic rings. The Kier molecular flexibility index (Phi) is 4.11. The third-order valence-corrected chi connectivity index (χ3v) is 5.02. The summed E-state index contributed by atoms with van der Waals surface area (Å²) in [5, 5.41) is 3.44. The zero-order valence-electron chi connectivity index (χ0n) is 10.9. The van der Waals surface area contributed by atoms with E-state index in [0.29, 0.717) is 0 Å². The number of nitrogens with zero attached hydrogens (tertiary/aromatic N) is 1. The number of thioether (sulfide) groups is 1. The topological polar surface area (TPSA) is 15.3 Å². The fourth-order valence-electron chi connectivity index (χ4n) is 2.93. The molecule has 1 N–H and O–H groups in total. The second-order valence-electron chi connectivity index (χ2n) is 5.22. The van der Waals surface area contributed by atoms with E-state index in [2.05, 4.69) is 46.2 Å². The first-order chi connectivity index (χ1) is 8.93. The first kappa shape index (κ1) is 12.4. The third-order valence-electron chi connectivity index (χ3n) is 4.08. The van der Waals surface area contributed by atoms with Crippen LogP contribution >= 0.6 is 11.8 Å². The van der Waals surface area contributed by atoms with Gasteiger partial charge in [0.2, 0.25) is 0 Å². The van der Waals surface area contributed by atoms with Gasteiger partial charge in [-0.25, -0.2) is 0 Å². The monoisotopic (exact) mass is 262 g/mol. The predicted octanol–water partition coefficient (Wildman–Crippen LogP) is 2.71. The number of piperidine rings is 1. The van der Waals surface area contributed by atoms with Crippen molar-refractivity contribution in [3.05, 3.63) is 29.8 Å². The number of nitrogens with one attached hydrogen (secondary N) is 1. The van der Waals surface area contributed by atoms with Crippen molar-refractivity contribution in [2.24, 2.45) is 0 Å². The van der Waals surface area contributed by atoms with E-state index in [0.717, 1.165) is 5.92 Å². The van der Waals surface area contributed by atoms with Crippen molar-refractivity contribution in [3.63, 3.8) is 0 Å². The minimum Gasteiger partial charge on any atom is -0.370 e. The summed E-state index contributed by atoms with van der Waals surface area (Å²) in [4.78, 5) is 2.52. The maximum absolute atomic E-state index is 3.44. The molecule has 0 radical (unpaired) electrons. The van der Waals surface area contributed by atoms with Crippen molar-refractivity contribution in [2.75, 3.05) is 42.6 Å². The standard InChI is InChI=1S/C15H22N2S/c1-3-15(17-9-11-18-12-10-17)4-2-13(1)14-5-7-16-8-6-14/h1-4,14,16H,5-12H2. The number of benzene rings is 1. The number of anilines is 1. The minimum absolute atomic E-state index is 0.775. The van der Waals surface area contributed by atoms with E-state index in [-0.39, 0.29) is 0 Å². The highest BCUT2D eigenvalue weighted by Crippen LogP contribution is 2.27. The highest BCUT2D eigenvalue weighted by molar-refractivity contribution is 7.99. The SMILES string of the molecule is c1cc(N2CCSCC2)ccc1C1CCNCC1. The molecule has 0 amide bonds. The molecule has 0 atom stereocenters. The maximum atomic E-state index is 3.44. The van der Waals surface area contributed by atoms with Gasteiger partial charge in [0.25, 0.3) is 0 Å². The highest BCUT2D eigenvalue weighted by Gasteiger charge is 2.16. The Labute approximate surface area is 114 Å². The molecule has 2 heterocycles. The largest absolute Gasteiger partial charge is 0.370 e. The summed E-state index contributed by atoms with van der Waals surface area (Å²) < 4.78 is 0. The molecule has 98 valence electrons. The van der Waals surface area contributed by atoms with E-state index in [9.17, 15) is 0 Å². The van der Waals surface area contributed by atoms with Gasteiger partial charge in [0.05, 0.1) is 0 Å². The Morgan fingerprint density at radius 3 is 2.33 bits per heavy atom. The molecule has 2 nitrogen and oxygen atoms in total. The van der Waals surface area contributed by atoms with Crippen LogP contribution in [0.3, 0.4) is 0 Å². The molecular formula is C15H22N2S. The number of rotatable bonds is 2. The van der Waals surface area contributed by atoms with Crippen LogP contribution in [0.25, 0.3) is 0 Å². The summed E-state index contributed by atoms with van der Waals surface area (Å²) in [6, 6.07) is 9.36. The van der Waals surface area contributed by atoms with Gasteiger partial charge in [0.1, 0.15) is 0 Å². The van der Waals surface area contributed by atoms with Crippen molar-refractivity contribution in [2.45, 2.75) is 18.8 Å². The fourth-order valence-corrected chi connectivity index (χ4v) is 3.84. The van der Waals surface area contributed by atoms with Gasteiger partial charge in [0, 0.05) is 30.3 Å². The summed E-state index contributed by atoms with van der Waals surface area (Å²) in [6.45, 7) is 4.76. The molecule has 3 rings (SSSR count). The van der Waals surface area contributed by atoms with E-state index in [1.54, 1.807) is 0 Å². The molecule has 2 fully saturated rings. The summed E-state index contributed by atoms with van der Waals surface area (Å²) in [6.07, 6.45) is 2.58. The van der Waals surface area contributed by atoms with E-state index in [4.69, 9.17) is 0 Å². The van der Waals surface area contributed by atoms with Crippen molar-refractivity contribution in [1.29, 1.82) is 0 Å². The van der Waals surface area contributed by atoms with Gasteiger partial charge in [-0.05, 0) is 49.5 Å². The summed E-state index contributed by atoms with van der Waals surface area (Å²) in [5.41, 5.74) is 2.94. The van der Waals surface area contributed by atoms with Crippen LogP contribution in [0.5, 0.6) is 0 Å². The van der Waals surface area contributed by atoms with Crippen LogP contribution in [-0.4, -0.2) is 37.7 Å². The summed E-state index contributed by atoms with van der Waals surface area (Å²) >= 11 is 2.07. The minimum atomic E-state index is 0.775. The smallest absolute Gasteiger partial charge is 0.0366 e. The molecule has 18 heavy (non-hydrogen) atoms. The van der Waals surface area contributed by atoms with Gasteiger partial charge in [-0.1, -0.05) is 12.1 Å². The van der Waals surface area contributed by atoms with Crippen LogP contribution in [0, 0.1) is 0 Å². The average molecular weight is 262 g/mol. The Morgan fingerprint density at radius 1 is 1.00 bits per heavy atom. The molecule has 0 aromatic heterocycles. The molecule has 2 saturated heterocycles. The van der Waals surface area contributed by atoms with Gasteiger partial charge >= 0.3 is 0 Å². The van der Waals surface area contributed by atoms with E-state index < -0.39 is 0 Å². The van der Waals surface area contributed by atoms with E-state index in [1.807, 2.05) is 0 Å². The van der Waals surface area contributed by atoms with Crippen LogP contribution in [0.4, 0.5) is 5.69 Å². The highest BCUT2D eigenvalue weighted by atomic mass is 32.2. The van der Waals surface area contributed by atoms with Crippen molar-refractivity contribution >= 4 is 17.4 Å². The molecule has 1 aromatic carbocycles. The van der Waals surface area contributed by atoms with Crippen molar-refractivity contribution in [3.8, 4) is 0 Å². The third kappa shape index (κ3) is 2.83. The van der Waals surface area contributed by atoms with Crippen LogP contribution < -0.4 is 10.2 Å². The Morgan fingerprint density at radius 2 is 1.67 bits per heavy atom. The van der Waals surface area contributed by atoms with Gasteiger partial charge in [0.15, 0.2) is 0 Å². The van der Waals surface area contributed by atoms with Gasteiger partial charge in [-0.3, -0.25) is 0 Å². The van der Waals surface area contributed by atoms with Crippen LogP contribution in [0.2, 0.25) is 0 Å². The zero-order chi connectivity index (χ0) is 12.2. The molecule has 0 unspecified atom stereocenters. The molecule has 0 spiro atoms. The summed E-state index contributed by atoms with van der Waals surface area (Å²) in [5.74, 6) is 3.32. The Hall–Kier alpha value is -0.670. The predicted molar refractivity (Wildman–Crippen MR) is 80.8 cm³/mol. The number of hydrogen-bond donors (Lipinski definition) is 1. The Balaban J connectivity index is 1.67. The lowest BCUT2D eigenvalue weighted by Crippen LogP contribution is -2.32. The normalized spacial score (nSPS) is 22.1. The maximum Gasteiger partial charge on any atom is 0.0366 e. The second kappa shape index (κ2) is 5.98. The fraction of sp³-hybridized carbons (Fsp3) is 0.600. The lowest BCUT2D eigenvalue weighted by atomic mass is 9.90. The van der Waals surface area contributed by atoms with Crippen molar-refractivity contribution in [1.82, 2.24) is 5.32 Å². The molecule has 3 heteroatoms. The number of hydrogen-bond acceptors (Lipinski definition) is 3. The first-order valence-electron chi connectivity index (χ1n) is 7.07. The summed E-state index contributed by atoms with van der Waals surface area (Å²) in [7, 11) is 0. The molecule has 2 aliphatic heterocycles. The molecular weight excluding hydrogens is 240 g/mol.